The van der Waals surface area contributed by atoms with Crippen molar-refractivity contribution in [3.8, 4) is 0 Å². The Bertz CT molecular complexity index is 908. The van der Waals surface area contributed by atoms with Gasteiger partial charge in [0.05, 0.1) is 11.7 Å². The lowest BCUT2D eigenvalue weighted by atomic mass is 9.93. The zero-order chi connectivity index (χ0) is 19.8. The van der Waals surface area contributed by atoms with Crippen LogP contribution < -0.4 is 5.32 Å². The molecule has 1 fully saturated rings. The van der Waals surface area contributed by atoms with Crippen LogP contribution in [0.25, 0.3) is 0 Å². The molecule has 0 spiro atoms. The number of fused-ring (bicyclic) bond motifs is 2. The van der Waals surface area contributed by atoms with Crippen molar-refractivity contribution in [3.05, 3.63) is 58.7 Å². The van der Waals surface area contributed by atoms with Gasteiger partial charge in [0, 0.05) is 43.7 Å². The summed E-state index contributed by atoms with van der Waals surface area (Å²) in [4.78, 5) is 27.1. The molecule has 152 valence electrons. The molecule has 0 saturated carbocycles. The first kappa shape index (κ1) is 18.7. The molecule has 2 aromatic rings. The van der Waals surface area contributed by atoms with Crippen LogP contribution in [0.1, 0.15) is 47.0 Å². The molecule has 1 amide bonds. The first-order valence-corrected chi connectivity index (χ1v) is 10.8. The Morgan fingerprint density at radius 1 is 1.10 bits per heavy atom. The molecule has 0 radical (unpaired) electrons. The van der Waals surface area contributed by atoms with Crippen LogP contribution in [0.5, 0.6) is 0 Å². The van der Waals surface area contributed by atoms with Gasteiger partial charge in [-0.05, 0) is 50.5 Å². The summed E-state index contributed by atoms with van der Waals surface area (Å²) in [5.74, 6) is 1.70. The molecule has 3 aliphatic rings. The van der Waals surface area contributed by atoms with Gasteiger partial charge in [-0.3, -0.25) is 9.69 Å². The van der Waals surface area contributed by atoms with Crippen LogP contribution >= 0.6 is 0 Å². The van der Waals surface area contributed by atoms with Crippen molar-refractivity contribution < 1.29 is 4.79 Å². The van der Waals surface area contributed by atoms with Crippen LogP contribution in [0.15, 0.2) is 30.5 Å². The maximum Gasteiger partial charge on any atom is 0.240 e. The molecular weight excluding hydrogens is 362 g/mol. The number of carbonyl (C=O) groups is 1. The summed E-state index contributed by atoms with van der Waals surface area (Å²) in [6, 6.07) is 8.39. The molecule has 1 aromatic heterocycles. The molecule has 1 saturated heterocycles. The molecule has 0 bridgehead atoms. The van der Waals surface area contributed by atoms with E-state index in [1.54, 1.807) is 0 Å². The second kappa shape index (κ2) is 7.84. The van der Waals surface area contributed by atoms with Gasteiger partial charge in [0.1, 0.15) is 5.82 Å². The summed E-state index contributed by atoms with van der Waals surface area (Å²) in [6.07, 6.45) is 5.81. The smallest absolute Gasteiger partial charge is 0.240 e. The number of piperidine rings is 1. The molecule has 1 atom stereocenters. The first-order chi connectivity index (χ1) is 14.2. The average Bonchev–Trinajstić information content (AvgIpc) is 2.78. The van der Waals surface area contributed by atoms with Gasteiger partial charge in [-0.2, -0.15) is 0 Å². The minimum Gasteiger partial charge on any atom is -0.336 e. The molecule has 3 aliphatic heterocycles. The Morgan fingerprint density at radius 2 is 1.90 bits per heavy atom. The predicted molar refractivity (Wildman–Crippen MR) is 111 cm³/mol. The normalized spacial score (nSPS) is 22.8. The zero-order valence-corrected chi connectivity index (χ0v) is 17.1. The number of nitrogens with one attached hydrogen (secondary N) is 1. The topological polar surface area (TPSA) is 61.4 Å². The van der Waals surface area contributed by atoms with Gasteiger partial charge in [-0.25, -0.2) is 9.97 Å². The lowest BCUT2D eigenvalue weighted by molar-refractivity contribution is -0.138. The third-order valence-electron chi connectivity index (χ3n) is 6.74. The fourth-order valence-electron chi connectivity index (χ4n) is 4.94. The van der Waals surface area contributed by atoms with Gasteiger partial charge < -0.3 is 10.2 Å². The van der Waals surface area contributed by atoms with Crippen molar-refractivity contribution in [2.24, 2.45) is 0 Å². The molecule has 0 aliphatic carbocycles. The average molecular weight is 392 g/mol. The fourth-order valence-corrected chi connectivity index (χ4v) is 4.94. The lowest BCUT2D eigenvalue weighted by Crippen LogP contribution is -2.51. The monoisotopic (exact) mass is 391 g/mol. The van der Waals surface area contributed by atoms with E-state index in [0.717, 1.165) is 68.9 Å². The van der Waals surface area contributed by atoms with Gasteiger partial charge in [0.25, 0.3) is 0 Å². The van der Waals surface area contributed by atoms with Crippen LogP contribution in [-0.4, -0.2) is 58.4 Å². The van der Waals surface area contributed by atoms with Crippen molar-refractivity contribution >= 4 is 5.91 Å². The van der Waals surface area contributed by atoms with Gasteiger partial charge in [0.15, 0.2) is 0 Å². The van der Waals surface area contributed by atoms with Gasteiger partial charge in [-0.15, -0.1) is 0 Å². The van der Waals surface area contributed by atoms with Crippen molar-refractivity contribution in [1.29, 1.82) is 0 Å². The summed E-state index contributed by atoms with van der Waals surface area (Å²) in [6.45, 7) is 4.31. The van der Waals surface area contributed by atoms with E-state index < -0.39 is 0 Å². The van der Waals surface area contributed by atoms with Crippen molar-refractivity contribution in [2.45, 2.75) is 50.7 Å². The molecule has 1 N–H and O–H groups in total. The van der Waals surface area contributed by atoms with Gasteiger partial charge in [0.2, 0.25) is 5.91 Å². The number of carbonyl (C=O) groups excluding carboxylic acids is 1. The molecule has 29 heavy (non-hydrogen) atoms. The first-order valence-electron chi connectivity index (χ1n) is 10.8. The van der Waals surface area contributed by atoms with Gasteiger partial charge in [-0.1, -0.05) is 24.3 Å². The quantitative estimate of drug-likeness (QED) is 0.847. The van der Waals surface area contributed by atoms with E-state index in [1.165, 1.54) is 11.1 Å². The van der Waals surface area contributed by atoms with Crippen LogP contribution in [0.3, 0.4) is 0 Å². The third kappa shape index (κ3) is 3.67. The number of hydrogen-bond donors (Lipinski definition) is 1. The van der Waals surface area contributed by atoms with E-state index >= 15 is 0 Å². The Kier molecular flexibility index (Phi) is 5.06. The lowest BCUT2D eigenvalue weighted by Gasteiger charge is -2.38. The molecule has 1 unspecified atom stereocenters. The number of rotatable bonds is 2. The number of benzene rings is 1. The molecule has 4 heterocycles. The van der Waals surface area contributed by atoms with E-state index in [-0.39, 0.29) is 11.9 Å². The second-order valence-electron chi connectivity index (χ2n) is 8.64. The SMILES string of the molecule is CN1Cc2ccccc2CC1C(=O)N1CCc2nc(C3CCNCC3)ncc2C1. The fraction of sp³-hybridized carbons (Fsp3) is 0.522. The number of aromatic nitrogens is 2. The van der Waals surface area contributed by atoms with Crippen molar-refractivity contribution in [1.82, 2.24) is 25.1 Å². The Balaban J connectivity index is 1.30. The Labute approximate surface area is 172 Å². The summed E-state index contributed by atoms with van der Waals surface area (Å²) in [7, 11) is 2.06. The number of nitrogens with zero attached hydrogens (tertiary/aromatic N) is 4. The highest BCUT2D eigenvalue weighted by atomic mass is 16.2. The molecule has 1 aromatic carbocycles. The summed E-state index contributed by atoms with van der Waals surface area (Å²) < 4.78 is 0. The van der Waals surface area contributed by atoms with E-state index in [1.807, 2.05) is 11.1 Å². The van der Waals surface area contributed by atoms with Crippen molar-refractivity contribution in [3.63, 3.8) is 0 Å². The second-order valence-corrected chi connectivity index (χ2v) is 8.64. The Hall–Kier alpha value is -2.31. The number of amides is 1. The molecule has 6 nitrogen and oxygen atoms in total. The zero-order valence-electron chi connectivity index (χ0n) is 17.1. The number of likely N-dealkylation sites (N-methyl/N-ethyl adjacent to an activating group) is 1. The summed E-state index contributed by atoms with van der Waals surface area (Å²) in [5.41, 5.74) is 4.89. The highest BCUT2D eigenvalue weighted by Crippen LogP contribution is 2.27. The van der Waals surface area contributed by atoms with Crippen LogP contribution in [0, 0.1) is 0 Å². The maximum absolute atomic E-state index is 13.3. The van der Waals surface area contributed by atoms with Crippen LogP contribution in [0.2, 0.25) is 0 Å². The molecule has 5 rings (SSSR count). The predicted octanol–water partition coefficient (Wildman–Crippen LogP) is 1.88. The minimum absolute atomic E-state index is 0.0821. The van der Waals surface area contributed by atoms with E-state index in [2.05, 4.69) is 46.5 Å². The number of hydrogen-bond acceptors (Lipinski definition) is 5. The maximum atomic E-state index is 13.3. The summed E-state index contributed by atoms with van der Waals surface area (Å²) in [5, 5.41) is 3.40. The third-order valence-corrected chi connectivity index (χ3v) is 6.74. The standard InChI is InChI=1S/C23H29N5O/c1-27-14-18-5-3-2-4-17(18)12-21(27)23(29)28-11-8-20-19(15-28)13-25-22(26-20)16-6-9-24-10-7-16/h2-5,13,16,21,24H,6-12,14-15H2,1H3. The minimum atomic E-state index is -0.0821. The largest absolute Gasteiger partial charge is 0.336 e. The highest BCUT2D eigenvalue weighted by molar-refractivity contribution is 5.82. The van der Waals surface area contributed by atoms with E-state index in [4.69, 9.17) is 4.98 Å². The molecule has 6 heteroatoms. The van der Waals surface area contributed by atoms with Crippen LogP contribution in [0.4, 0.5) is 0 Å². The van der Waals surface area contributed by atoms with E-state index in [9.17, 15) is 4.79 Å². The van der Waals surface area contributed by atoms with Gasteiger partial charge >= 0.3 is 0 Å². The highest BCUT2D eigenvalue weighted by Gasteiger charge is 2.34. The molecular formula is C23H29N5O. The Morgan fingerprint density at radius 3 is 2.72 bits per heavy atom. The summed E-state index contributed by atoms with van der Waals surface area (Å²) >= 11 is 0. The van der Waals surface area contributed by atoms with Crippen LogP contribution in [-0.2, 0) is 30.7 Å². The van der Waals surface area contributed by atoms with E-state index in [0.29, 0.717) is 12.5 Å². The van der Waals surface area contributed by atoms with Crippen molar-refractivity contribution in [2.75, 3.05) is 26.7 Å².